The number of nitrogens with two attached hydrogens (primary N) is 1. The summed E-state index contributed by atoms with van der Waals surface area (Å²) in [6.45, 7) is 17.5. The van der Waals surface area contributed by atoms with Crippen molar-refractivity contribution in [2.45, 2.75) is 56.9 Å². The van der Waals surface area contributed by atoms with E-state index in [-0.39, 0.29) is 67.5 Å². The summed E-state index contributed by atoms with van der Waals surface area (Å²) in [4.78, 5) is 31.8. The Morgan fingerprint density at radius 1 is 1.33 bits per heavy atom. The molecule has 3 fully saturated rings. The molecule has 5 heterocycles. The number of aromatic nitrogens is 2. The van der Waals surface area contributed by atoms with Gasteiger partial charge in [0.2, 0.25) is 11.6 Å². The van der Waals surface area contributed by atoms with Gasteiger partial charge in [-0.2, -0.15) is 15.2 Å². The summed E-state index contributed by atoms with van der Waals surface area (Å²) in [5.41, 5.74) is 6.88. The molecule has 0 spiro atoms. The lowest BCUT2D eigenvalue weighted by Crippen LogP contribution is -2.58. The monoisotopic (exact) mass is 702 g/mol. The predicted octanol–water partition coefficient (Wildman–Crippen LogP) is 6.88. The van der Waals surface area contributed by atoms with Crippen molar-refractivity contribution in [2.75, 3.05) is 43.4 Å². The van der Waals surface area contributed by atoms with Crippen molar-refractivity contribution in [1.82, 2.24) is 19.8 Å². The van der Waals surface area contributed by atoms with Crippen LogP contribution in [0.3, 0.4) is 0 Å². The second kappa shape index (κ2) is 12.4. The van der Waals surface area contributed by atoms with Crippen LogP contribution in [0.25, 0.3) is 37.0 Å². The average Bonchev–Trinajstić information content (AvgIpc) is 3.73. The number of alkyl halides is 1. The van der Waals surface area contributed by atoms with Gasteiger partial charge in [0.05, 0.1) is 44.0 Å². The fourth-order valence-corrected chi connectivity index (χ4v) is 9.10. The number of fused-ring (bicyclic) bond motifs is 3. The maximum Gasteiger partial charge on any atom is 0.319 e. The third-order valence-corrected chi connectivity index (χ3v) is 11.5. The maximum atomic E-state index is 15.0. The smallest absolute Gasteiger partial charge is 0.319 e. The van der Waals surface area contributed by atoms with Crippen molar-refractivity contribution in [3.8, 4) is 23.2 Å². The summed E-state index contributed by atoms with van der Waals surface area (Å²) in [5.74, 6) is -0.242. The number of anilines is 2. The molecule has 3 aliphatic rings. The normalized spacial score (nSPS) is 23.9. The highest BCUT2D eigenvalue weighted by Crippen LogP contribution is 2.50. The summed E-state index contributed by atoms with van der Waals surface area (Å²) in [5, 5.41) is 11.5. The van der Waals surface area contributed by atoms with Crippen LogP contribution in [0.5, 0.6) is 6.01 Å². The number of nitrogen functional groups attached to an aromatic ring is 1. The summed E-state index contributed by atoms with van der Waals surface area (Å²) >= 11 is 8.19. The van der Waals surface area contributed by atoms with E-state index in [1.807, 2.05) is 18.7 Å². The van der Waals surface area contributed by atoms with Gasteiger partial charge in [0.15, 0.2) is 0 Å². The zero-order chi connectivity index (χ0) is 34.8. The van der Waals surface area contributed by atoms with Gasteiger partial charge in [-0.15, -0.1) is 11.3 Å². The molecular weight excluding hydrogens is 670 g/mol. The molecular formula is C35H33ClF2N8O2S. The first-order valence-electron chi connectivity index (χ1n) is 16.0. The van der Waals surface area contributed by atoms with E-state index in [0.717, 1.165) is 30.7 Å². The van der Waals surface area contributed by atoms with Gasteiger partial charge in [-0.3, -0.25) is 9.69 Å². The number of hydrogen-bond donors (Lipinski definition) is 1. The molecule has 0 aliphatic carbocycles. The lowest BCUT2D eigenvalue weighted by Gasteiger charge is -2.44. The molecule has 7 rings (SSSR count). The fourth-order valence-electron chi connectivity index (χ4n) is 7.81. The molecule has 4 atom stereocenters. The largest absolute Gasteiger partial charge is 0.461 e. The molecule has 4 unspecified atom stereocenters. The minimum Gasteiger partial charge on any atom is -0.461 e. The van der Waals surface area contributed by atoms with Crippen LogP contribution in [-0.2, 0) is 4.79 Å². The van der Waals surface area contributed by atoms with E-state index in [9.17, 15) is 14.4 Å². The minimum atomic E-state index is -0.936. The zero-order valence-corrected chi connectivity index (χ0v) is 28.5. The van der Waals surface area contributed by atoms with Crippen LogP contribution in [0.1, 0.15) is 38.7 Å². The van der Waals surface area contributed by atoms with Gasteiger partial charge in [0.1, 0.15) is 24.4 Å². The van der Waals surface area contributed by atoms with Crippen LogP contribution in [0.4, 0.5) is 25.3 Å². The molecule has 4 aromatic rings. The Bertz CT molecular complexity index is 2130. The van der Waals surface area contributed by atoms with Crippen LogP contribution in [0.15, 0.2) is 30.9 Å². The van der Waals surface area contributed by atoms with Crippen molar-refractivity contribution in [1.29, 1.82) is 5.26 Å². The van der Waals surface area contributed by atoms with Gasteiger partial charge < -0.3 is 20.3 Å². The van der Waals surface area contributed by atoms with Crippen molar-refractivity contribution < 1.29 is 18.3 Å². The molecule has 10 nitrogen and oxygen atoms in total. The lowest BCUT2D eigenvalue weighted by atomic mass is 9.94. The van der Waals surface area contributed by atoms with Crippen LogP contribution >= 0.6 is 22.9 Å². The molecule has 0 saturated carbocycles. The molecule has 0 bridgehead atoms. The first kappa shape index (κ1) is 33.0. The Morgan fingerprint density at radius 3 is 2.86 bits per heavy atom. The number of benzene rings is 2. The first-order chi connectivity index (χ1) is 23.5. The molecule has 3 aliphatic heterocycles. The second-order valence-corrected chi connectivity index (χ2v) is 14.5. The van der Waals surface area contributed by atoms with Gasteiger partial charge in [0.25, 0.3) is 0 Å². The number of rotatable bonds is 6. The standard InChI is InChI=1S/C35H33ClF2N8O2S/c1-5-25(47)45-14-19(3)46(15-18(45)2)33-23-11-20(13-39)26(22-7-8-24(38)31-27(22)30(41-4)32(40)49-31)28(36)29(23)42-34(43-33)48-17-35-9-6-10-44(35)16-21(37)12-35/h5,7-8,11,18-19,21H,1,6,9-10,12,14-17,40H2,2-3H3. The van der Waals surface area contributed by atoms with Crippen LogP contribution in [0.2, 0.25) is 5.02 Å². The number of amides is 1. The Labute approximate surface area is 291 Å². The van der Waals surface area contributed by atoms with Crippen molar-refractivity contribution in [3.63, 3.8) is 0 Å². The minimum absolute atomic E-state index is 0.0407. The SMILES string of the molecule is [C-]#[N+]c1c(N)sc2c(F)ccc(-c3c(C#N)cc4c(N5CC(C)N(C(=O)C=C)CC5C)nc(OCC56CCCN5CC(F)C6)nc4c3Cl)c12. The average molecular weight is 703 g/mol. The molecule has 2 aromatic heterocycles. The Morgan fingerprint density at radius 2 is 2.12 bits per heavy atom. The topological polar surface area (TPSA) is 116 Å². The molecule has 2 N–H and O–H groups in total. The second-order valence-electron chi connectivity index (χ2n) is 13.1. The highest BCUT2D eigenvalue weighted by atomic mass is 35.5. The number of halogens is 3. The Hall–Kier alpha value is -4.56. The number of hydrogen-bond acceptors (Lipinski definition) is 9. The molecule has 49 heavy (non-hydrogen) atoms. The van der Waals surface area contributed by atoms with Crippen molar-refractivity contribution in [3.05, 3.63) is 58.7 Å². The van der Waals surface area contributed by atoms with Crippen molar-refractivity contribution >= 4 is 66.3 Å². The Kier molecular flexibility index (Phi) is 8.34. The zero-order valence-electron chi connectivity index (χ0n) is 27.0. The highest BCUT2D eigenvalue weighted by molar-refractivity contribution is 7.23. The summed E-state index contributed by atoms with van der Waals surface area (Å²) in [6, 6.07) is 6.29. The molecule has 252 valence electrons. The third-order valence-electron chi connectivity index (χ3n) is 10.1. The van der Waals surface area contributed by atoms with Gasteiger partial charge in [-0.25, -0.2) is 13.6 Å². The Balaban J connectivity index is 1.42. The van der Waals surface area contributed by atoms with Crippen LogP contribution < -0.4 is 15.4 Å². The van der Waals surface area contributed by atoms with Gasteiger partial charge in [-0.05, 0) is 57.0 Å². The number of carbonyl (C=O) groups excluding carboxylic acids is 1. The number of nitrogens with zero attached hydrogens (tertiary/aromatic N) is 7. The molecule has 1 amide bonds. The van der Waals surface area contributed by atoms with Crippen molar-refractivity contribution in [2.24, 2.45) is 0 Å². The first-order valence-corrected chi connectivity index (χ1v) is 17.2. The molecule has 0 radical (unpaired) electrons. The van der Waals surface area contributed by atoms with Gasteiger partial charge in [-0.1, -0.05) is 24.2 Å². The fraction of sp³-hybridized carbons (Fsp3) is 0.400. The number of piperazine rings is 1. The van der Waals surface area contributed by atoms with E-state index in [2.05, 4.69) is 22.4 Å². The van der Waals surface area contributed by atoms with E-state index in [0.29, 0.717) is 48.3 Å². The summed E-state index contributed by atoms with van der Waals surface area (Å²) < 4.78 is 36.1. The number of thiophene rings is 1. The van der Waals surface area contributed by atoms with Gasteiger partial charge in [0, 0.05) is 54.5 Å². The van der Waals surface area contributed by atoms with E-state index in [1.54, 1.807) is 11.0 Å². The molecule has 3 saturated heterocycles. The number of carbonyl (C=O) groups is 1. The number of nitriles is 1. The van der Waals surface area contributed by atoms with Crippen LogP contribution in [-0.4, -0.2) is 82.3 Å². The van der Waals surface area contributed by atoms with E-state index in [1.165, 1.54) is 18.2 Å². The summed E-state index contributed by atoms with van der Waals surface area (Å²) in [6.07, 6.45) is 2.47. The third kappa shape index (κ3) is 5.32. The quantitative estimate of drug-likeness (QED) is 0.171. The number of ether oxygens (including phenoxy) is 1. The summed E-state index contributed by atoms with van der Waals surface area (Å²) in [7, 11) is 0. The van der Waals surface area contributed by atoms with Crippen LogP contribution in [0, 0.1) is 23.7 Å². The highest BCUT2D eigenvalue weighted by Gasteiger charge is 2.49. The lowest BCUT2D eigenvalue weighted by molar-refractivity contribution is -0.128. The van der Waals surface area contributed by atoms with E-state index < -0.39 is 17.5 Å². The predicted molar refractivity (Wildman–Crippen MR) is 187 cm³/mol. The van der Waals surface area contributed by atoms with E-state index in [4.69, 9.17) is 38.6 Å². The molecule has 2 aromatic carbocycles. The maximum absolute atomic E-state index is 15.0. The van der Waals surface area contributed by atoms with E-state index >= 15 is 4.39 Å². The molecule has 14 heteroatoms. The van der Waals surface area contributed by atoms with Gasteiger partial charge >= 0.3 is 6.01 Å².